The molecule has 0 bridgehead atoms. The summed E-state index contributed by atoms with van der Waals surface area (Å²) in [4.78, 5) is 34.0. The molecule has 3 N–H and O–H groups in total. The van der Waals surface area contributed by atoms with Gasteiger partial charge in [0.05, 0.1) is 0 Å². The SMILES string of the molecule is O=C([O-])OO.O=C([O-])OO.O=C([O-])OO.[B+3]. The summed E-state index contributed by atoms with van der Waals surface area (Å²) in [6.45, 7) is 0. The molecule has 0 atom stereocenters. The van der Waals surface area contributed by atoms with Crippen LogP contribution in [0.1, 0.15) is 0 Å². The number of hydrogen-bond donors (Lipinski definition) is 3. The van der Waals surface area contributed by atoms with Crippen LogP contribution in [0.2, 0.25) is 0 Å². The van der Waals surface area contributed by atoms with E-state index in [1.165, 1.54) is 0 Å². The largest absolute Gasteiger partial charge is 3.00 e. The van der Waals surface area contributed by atoms with Crippen LogP contribution >= 0.6 is 0 Å². The molecule has 0 amide bonds. The first-order valence-electron chi connectivity index (χ1n) is 2.38. The van der Waals surface area contributed by atoms with Crippen LogP contribution in [0.4, 0.5) is 14.4 Å². The van der Waals surface area contributed by atoms with Crippen LogP contribution in [0.5, 0.6) is 0 Å². The fourth-order valence-corrected chi connectivity index (χ4v) is 0. The number of carbonyl (C=O) groups excluding carboxylic acids is 3. The Labute approximate surface area is 88.2 Å². The van der Waals surface area contributed by atoms with E-state index in [0.717, 1.165) is 0 Å². The van der Waals surface area contributed by atoms with Gasteiger partial charge in [0, 0.05) is 0 Å². The summed E-state index contributed by atoms with van der Waals surface area (Å²) < 4.78 is 0. The van der Waals surface area contributed by atoms with Crippen molar-refractivity contribution in [3.8, 4) is 0 Å². The number of carbonyl (C=O) groups is 3. The van der Waals surface area contributed by atoms with E-state index in [0.29, 0.717) is 0 Å². The molecule has 0 spiro atoms. The Morgan fingerprint density at radius 3 is 0.750 bits per heavy atom. The van der Waals surface area contributed by atoms with Crippen molar-refractivity contribution in [1.29, 1.82) is 0 Å². The van der Waals surface area contributed by atoms with E-state index in [2.05, 4.69) is 14.7 Å². The zero-order chi connectivity index (χ0) is 12.9. The molecule has 0 unspecified atom stereocenters. The van der Waals surface area contributed by atoms with Crippen LogP contribution in [0.25, 0.3) is 0 Å². The Hall–Kier alpha value is -2.25. The molecule has 0 aromatic heterocycles. The molecule has 0 fully saturated rings. The summed E-state index contributed by atoms with van der Waals surface area (Å²) in [5, 5.41) is 47.3. The molecule has 0 aliphatic carbocycles. The second kappa shape index (κ2) is 18.5. The minimum absolute atomic E-state index is 0. The average molecular weight is 242 g/mol. The molecule has 90 valence electrons. The molecule has 13 heteroatoms. The van der Waals surface area contributed by atoms with Crippen molar-refractivity contribution in [2.24, 2.45) is 0 Å². The molecule has 0 saturated heterocycles. The van der Waals surface area contributed by atoms with Crippen molar-refractivity contribution >= 4 is 26.9 Å². The number of hydrogen-bond acceptors (Lipinski definition) is 12. The summed E-state index contributed by atoms with van der Waals surface area (Å²) in [6, 6.07) is 0. The van der Waals surface area contributed by atoms with Gasteiger partial charge in [0.2, 0.25) is 0 Å². The van der Waals surface area contributed by atoms with E-state index in [1.54, 1.807) is 0 Å². The predicted octanol–water partition coefficient (Wildman–Crippen LogP) is -3.92. The van der Waals surface area contributed by atoms with Gasteiger partial charge in [-0.1, -0.05) is 0 Å². The second-order valence-corrected chi connectivity index (χ2v) is 1.02. The number of carboxylic acid groups (broad SMARTS) is 3. The number of rotatable bonds is 0. The Kier molecular flexibility index (Phi) is 27.2. The maximum atomic E-state index is 8.78. The summed E-state index contributed by atoms with van der Waals surface area (Å²) >= 11 is 0. The van der Waals surface area contributed by atoms with Crippen molar-refractivity contribution in [3.63, 3.8) is 0 Å². The molecular weight excluding hydrogens is 239 g/mol. The van der Waals surface area contributed by atoms with Crippen LogP contribution in [-0.2, 0) is 14.7 Å². The van der Waals surface area contributed by atoms with Gasteiger partial charge in [0.25, 0.3) is 18.5 Å². The third kappa shape index (κ3) is 96.4. The van der Waals surface area contributed by atoms with Crippen molar-refractivity contribution < 1.29 is 60.1 Å². The Morgan fingerprint density at radius 1 is 0.688 bits per heavy atom. The first-order chi connectivity index (χ1) is 6.81. The fourth-order valence-electron chi connectivity index (χ4n) is 0. The maximum absolute atomic E-state index is 8.78. The van der Waals surface area contributed by atoms with Crippen molar-refractivity contribution in [2.45, 2.75) is 0 Å². The minimum atomic E-state index is -1.94. The summed E-state index contributed by atoms with van der Waals surface area (Å²) in [6.07, 6.45) is -5.82. The molecule has 0 aromatic rings. The predicted molar refractivity (Wildman–Crippen MR) is 33.1 cm³/mol. The van der Waals surface area contributed by atoms with Gasteiger partial charge in [-0.25, -0.2) is 0 Å². The summed E-state index contributed by atoms with van der Waals surface area (Å²) in [7, 11) is 0. The molecular formula is C3H3BO12. The van der Waals surface area contributed by atoms with E-state index in [4.69, 9.17) is 45.5 Å². The molecule has 0 aliphatic heterocycles. The molecule has 0 saturated carbocycles. The van der Waals surface area contributed by atoms with E-state index in [-0.39, 0.29) is 8.41 Å². The smallest absolute Gasteiger partial charge is 0.424 e. The zero-order valence-electron chi connectivity index (χ0n) is 7.09. The maximum Gasteiger partial charge on any atom is 3.00 e. The van der Waals surface area contributed by atoms with Gasteiger partial charge >= 0.3 is 8.41 Å². The van der Waals surface area contributed by atoms with E-state index >= 15 is 0 Å². The average Bonchev–Trinajstić information content (AvgIpc) is 2.19. The topological polar surface area (TPSA) is 209 Å². The van der Waals surface area contributed by atoms with Gasteiger partial charge in [-0.3, -0.25) is 15.8 Å². The summed E-state index contributed by atoms with van der Waals surface area (Å²) in [5.41, 5.74) is 0. The normalized spacial score (nSPS) is 6.19. The van der Waals surface area contributed by atoms with Crippen molar-refractivity contribution in [1.82, 2.24) is 0 Å². The van der Waals surface area contributed by atoms with Crippen molar-refractivity contribution in [2.75, 3.05) is 0 Å². The molecule has 0 radical (unpaired) electrons. The van der Waals surface area contributed by atoms with Crippen LogP contribution in [-0.4, -0.2) is 42.7 Å². The Balaban J connectivity index is -0.0000000655. The minimum Gasteiger partial charge on any atom is -0.424 e. The first kappa shape index (κ1) is 23.5. The summed E-state index contributed by atoms with van der Waals surface area (Å²) in [5.74, 6) is 0. The monoisotopic (exact) mass is 242 g/mol. The fraction of sp³-hybridized carbons (Fsp3) is 0. The van der Waals surface area contributed by atoms with E-state index < -0.39 is 18.5 Å². The third-order valence-electron chi connectivity index (χ3n) is 0.224. The first-order valence-corrected chi connectivity index (χ1v) is 2.38. The molecule has 12 nitrogen and oxygen atoms in total. The van der Waals surface area contributed by atoms with Gasteiger partial charge in [0.1, 0.15) is 0 Å². The van der Waals surface area contributed by atoms with Gasteiger partial charge in [-0.2, -0.15) is 0 Å². The van der Waals surface area contributed by atoms with Gasteiger partial charge in [-0.15, -0.1) is 0 Å². The molecule has 0 heterocycles. The second-order valence-electron chi connectivity index (χ2n) is 1.02. The quantitative estimate of drug-likeness (QED) is 0.161. The van der Waals surface area contributed by atoms with Crippen molar-refractivity contribution in [3.05, 3.63) is 0 Å². The molecule has 0 aromatic carbocycles. The van der Waals surface area contributed by atoms with E-state index in [1.807, 2.05) is 0 Å². The molecule has 0 rings (SSSR count). The van der Waals surface area contributed by atoms with Crippen LogP contribution in [0, 0.1) is 0 Å². The van der Waals surface area contributed by atoms with Gasteiger partial charge in [-0.05, 0) is 0 Å². The van der Waals surface area contributed by atoms with Crippen LogP contribution in [0.3, 0.4) is 0 Å². The van der Waals surface area contributed by atoms with Crippen LogP contribution in [0.15, 0.2) is 0 Å². The van der Waals surface area contributed by atoms with Crippen LogP contribution < -0.4 is 15.3 Å². The van der Waals surface area contributed by atoms with Gasteiger partial charge < -0.3 is 44.4 Å². The molecule has 0 aliphatic rings. The standard InChI is InChI=1S/3CH2O4.B/c3*2-1(3)5-4;/h3*4H,(H,2,3);/q;;;+3/p-3. The third-order valence-corrected chi connectivity index (χ3v) is 0.224. The Bertz CT molecular complexity index is 155. The zero-order valence-corrected chi connectivity index (χ0v) is 7.09. The van der Waals surface area contributed by atoms with E-state index in [9.17, 15) is 0 Å². The van der Waals surface area contributed by atoms with Gasteiger partial charge in [0.15, 0.2) is 0 Å². The Morgan fingerprint density at radius 2 is 0.750 bits per heavy atom. The molecule has 16 heavy (non-hydrogen) atoms.